The number of carboxylic acid groups (broad SMARTS) is 1. The van der Waals surface area contributed by atoms with Crippen LogP contribution in [0.15, 0.2) is 35.2 Å². The number of nitrogens with one attached hydrogen (secondary N) is 1. The number of carboxylic acids is 1. The van der Waals surface area contributed by atoms with Crippen LogP contribution < -0.4 is 11.1 Å². The van der Waals surface area contributed by atoms with Crippen molar-refractivity contribution in [1.82, 2.24) is 19.7 Å². The van der Waals surface area contributed by atoms with E-state index in [9.17, 15) is 9.90 Å². The number of nitrogens with zero attached hydrogens (tertiary/aromatic N) is 4. The number of benzene rings is 1. The molecule has 9 heteroatoms. The molecule has 2 aromatic heterocycles. The van der Waals surface area contributed by atoms with Crippen molar-refractivity contribution in [2.75, 3.05) is 11.1 Å². The second-order valence-corrected chi connectivity index (χ2v) is 10.1. The Morgan fingerprint density at radius 2 is 1.90 bits per heavy atom. The van der Waals surface area contributed by atoms with Crippen molar-refractivity contribution in [1.29, 1.82) is 0 Å². The van der Waals surface area contributed by atoms with Crippen LogP contribution in [-0.2, 0) is 13.5 Å². The van der Waals surface area contributed by atoms with Gasteiger partial charge in [-0.05, 0) is 18.6 Å². The summed E-state index contributed by atoms with van der Waals surface area (Å²) >= 11 is 1.79. The highest BCUT2D eigenvalue weighted by Crippen LogP contribution is 2.33. The van der Waals surface area contributed by atoms with Gasteiger partial charge in [-0.2, -0.15) is 10.1 Å². The van der Waals surface area contributed by atoms with E-state index in [0.717, 1.165) is 12.0 Å². The first kappa shape index (κ1) is 22.6. The number of aryl methyl sites for hydroxylation is 2. The van der Waals surface area contributed by atoms with Gasteiger partial charge in [-0.15, -0.1) is 11.8 Å². The maximum absolute atomic E-state index is 11.9. The van der Waals surface area contributed by atoms with Crippen molar-refractivity contribution in [2.45, 2.75) is 50.2 Å². The molecule has 4 N–H and O–H groups in total. The van der Waals surface area contributed by atoms with Gasteiger partial charge in [0.1, 0.15) is 17.2 Å². The Bertz CT molecular complexity index is 1090. The molecule has 0 amide bonds. The van der Waals surface area contributed by atoms with Crippen molar-refractivity contribution in [2.24, 2.45) is 7.05 Å². The number of carbonyl (C=O) groups is 1. The molecule has 0 atom stereocenters. The van der Waals surface area contributed by atoms with E-state index < -0.39 is 5.97 Å². The molecule has 0 saturated heterocycles. The van der Waals surface area contributed by atoms with Crippen LogP contribution in [0.25, 0.3) is 11.3 Å². The molecular formula is C22H28N6O2S. The topological polar surface area (TPSA) is 119 Å². The molecule has 0 spiro atoms. The minimum absolute atomic E-state index is 0.0981. The number of thioether (sulfide) groups is 1. The summed E-state index contributed by atoms with van der Waals surface area (Å²) in [5.74, 6) is -0.171. The average molecular weight is 441 g/mol. The summed E-state index contributed by atoms with van der Waals surface area (Å²) in [5, 5.41) is 17.1. The highest BCUT2D eigenvalue weighted by Gasteiger charge is 2.22. The monoisotopic (exact) mass is 440 g/mol. The molecule has 3 rings (SSSR count). The summed E-state index contributed by atoms with van der Waals surface area (Å²) in [5.41, 5.74) is 8.17. The summed E-state index contributed by atoms with van der Waals surface area (Å²) in [6.07, 6.45) is 1.37. The number of nitrogens with two attached hydrogens (primary N) is 1. The normalized spacial score (nSPS) is 11.5. The Labute approximate surface area is 186 Å². The molecule has 0 radical (unpaired) electrons. The largest absolute Gasteiger partial charge is 0.477 e. The molecule has 0 aliphatic rings. The number of nitrogen functional groups attached to an aromatic ring is 1. The highest BCUT2D eigenvalue weighted by molar-refractivity contribution is 8.00. The van der Waals surface area contributed by atoms with Crippen molar-refractivity contribution < 1.29 is 9.90 Å². The lowest BCUT2D eigenvalue weighted by atomic mass is 10.1. The van der Waals surface area contributed by atoms with Gasteiger partial charge >= 0.3 is 5.97 Å². The van der Waals surface area contributed by atoms with E-state index in [1.807, 2.05) is 19.1 Å². The molecule has 2 heterocycles. The summed E-state index contributed by atoms with van der Waals surface area (Å²) in [6.45, 7) is 8.50. The molecule has 3 aromatic rings. The van der Waals surface area contributed by atoms with E-state index in [2.05, 4.69) is 53.3 Å². The van der Waals surface area contributed by atoms with Crippen LogP contribution in [0.3, 0.4) is 0 Å². The quantitative estimate of drug-likeness (QED) is 0.451. The second-order valence-electron chi connectivity index (χ2n) is 8.21. The van der Waals surface area contributed by atoms with E-state index in [1.54, 1.807) is 24.9 Å². The first-order valence-corrected chi connectivity index (χ1v) is 10.9. The van der Waals surface area contributed by atoms with Gasteiger partial charge in [0.2, 0.25) is 5.95 Å². The van der Waals surface area contributed by atoms with Crippen molar-refractivity contribution >= 4 is 35.3 Å². The average Bonchev–Trinajstić information content (AvgIpc) is 2.96. The SMILES string of the molecule is CCCc1nn(C)c(Nc2cc(-c3ccc(SC(C)(C)C)cc3)nc(N)n2)c1C(=O)O. The molecule has 0 aliphatic carbocycles. The lowest BCUT2D eigenvalue weighted by Crippen LogP contribution is -2.08. The fraction of sp³-hybridized carbons (Fsp3) is 0.364. The molecule has 0 bridgehead atoms. The van der Waals surface area contributed by atoms with E-state index in [4.69, 9.17) is 5.73 Å². The molecule has 1 aromatic carbocycles. The molecule has 164 valence electrons. The van der Waals surface area contributed by atoms with Gasteiger partial charge in [-0.1, -0.05) is 46.2 Å². The van der Waals surface area contributed by atoms with Gasteiger partial charge in [0.05, 0.1) is 11.4 Å². The van der Waals surface area contributed by atoms with Crippen LogP contribution in [-0.4, -0.2) is 35.6 Å². The van der Waals surface area contributed by atoms with Crippen LogP contribution in [0.5, 0.6) is 0 Å². The van der Waals surface area contributed by atoms with Gasteiger partial charge in [0.25, 0.3) is 0 Å². The van der Waals surface area contributed by atoms with Crippen LogP contribution in [0.4, 0.5) is 17.6 Å². The number of hydrogen-bond donors (Lipinski definition) is 3. The number of rotatable bonds is 7. The third kappa shape index (κ3) is 5.55. The zero-order valence-electron chi connectivity index (χ0n) is 18.4. The maximum atomic E-state index is 11.9. The Hall–Kier alpha value is -3.07. The van der Waals surface area contributed by atoms with Crippen LogP contribution in [0.2, 0.25) is 0 Å². The van der Waals surface area contributed by atoms with Crippen molar-refractivity contribution in [3.05, 3.63) is 41.6 Å². The molecule has 0 fully saturated rings. The third-order valence-corrected chi connectivity index (χ3v) is 5.50. The predicted octanol–water partition coefficient (Wildman–Crippen LogP) is 4.74. The molecular weight excluding hydrogens is 412 g/mol. The van der Waals surface area contributed by atoms with E-state index >= 15 is 0 Å². The summed E-state index contributed by atoms with van der Waals surface area (Å²) in [7, 11) is 1.70. The zero-order chi connectivity index (χ0) is 22.8. The molecule has 31 heavy (non-hydrogen) atoms. The summed E-state index contributed by atoms with van der Waals surface area (Å²) in [4.78, 5) is 21.6. The van der Waals surface area contributed by atoms with Gasteiger partial charge in [0, 0.05) is 28.3 Å². The van der Waals surface area contributed by atoms with Crippen LogP contribution in [0, 0.1) is 0 Å². The van der Waals surface area contributed by atoms with Crippen molar-refractivity contribution in [3.8, 4) is 11.3 Å². The van der Waals surface area contributed by atoms with Crippen molar-refractivity contribution in [3.63, 3.8) is 0 Å². The van der Waals surface area contributed by atoms with Crippen LogP contribution >= 0.6 is 11.8 Å². The number of anilines is 3. The Morgan fingerprint density at radius 3 is 2.48 bits per heavy atom. The second kappa shape index (κ2) is 8.97. The first-order valence-electron chi connectivity index (χ1n) is 10.1. The molecule has 8 nitrogen and oxygen atoms in total. The predicted molar refractivity (Wildman–Crippen MR) is 125 cm³/mol. The lowest BCUT2D eigenvalue weighted by molar-refractivity contribution is 0.0696. The summed E-state index contributed by atoms with van der Waals surface area (Å²) in [6, 6.07) is 9.84. The molecule has 0 unspecified atom stereocenters. The van der Waals surface area contributed by atoms with Gasteiger partial charge in [0.15, 0.2) is 0 Å². The van der Waals surface area contributed by atoms with Gasteiger partial charge in [-0.25, -0.2) is 9.78 Å². The molecule has 0 saturated carbocycles. The number of hydrogen-bond acceptors (Lipinski definition) is 7. The van der Waals surface area contributed by atoms with Gasteiger partial charge in [-0.3, -0.25) is 4.68 Å². The minimum Gasteiger partial charge on any atom is -0.477 e. The minimum atomic E-state index is -1.03. The standard InChI is InChI=1S/C22H28N6O2S/c1-6-7-15-18(20(29)30)19(28(5)27-15)25-17-12-16(24-21(23)26-17)13-8-10-14(11-9-13)31-22(2,3)4/h8-12H,6-7H2,1-5H3,(H,29,30)(H3,23,24,25,26). The van der Waals surface area contributed by atoms with E-state index in [0.29, 0.717) is 29.4 Å². The highest BCUT2D eigenvalue weighted by atomic mass is 32.2. The number of aromatic carboxylic acids is 1. The fourth-order valence-electron chi connectivity index (χ4n) is 3.21. The van der Waals surface area contributed by atoms with E-state index in [1.165, 1.54) is 9.58 Å². The van der Waals surface area contributed by atoms with Gasteiger partial charge < -0.3 is 16.2 Å². The number of aromatic nitrogens is 4. The zero-order valence-corrected chi connectivity index (χ0v) is 19.2. The lowest BCUT2D eigenvalue weighted by Gasteiger charge is -2.17. The van der Waals surface area contributed by atoms with Crippen LogP contribution in [0.1, 0.15) is 50.2 Å². The Morgan fingerprint density at radius 1 is 1.23 bits per heavy atom. The smallest absolute Gasteiger partial charge is 0.341 e. The Balaban J connectivity index is 1.93. The summed E-state index contributed by atoms with van der Waals surface area (Å²) < 4.78 is 1.64. The van der Waals surface area contributed by atoms with E-state index in [-0.39, 0.29) is 16.3 Å². The fourth-order valence-corrected chi connectivity index (χ4v) is 4.19. The first-order chi connectivity index (χ1) is 14.6. The third-order valence-electron chi connectivity index (χ3n) is 4.38. The molecule has 0 aliphatic heterocycles. The Kier molecular flexibility index (Phi) is 6.54. The maximum Gasteiger partial charge on any atom is 0.341 e.